The minimum absolute atomic E-state index is 0.147. The fourth-order valence-corrected chi connectivity index (χ4v) is 2.95. The predicted molar refractivity (Wildman–Crippen MR) is 101 cm³/mol. The van der Waals surface area contributed by atoms with Gasteiger partial charge in [0.05, 0.1) is 6.61 Å². The highest BCUT2D eigenvalue weighted by Gasteiger charge is 2.20. The number of ether oxygens (including phenoxy) is 1. The Morgan fingerprint density at radius 3 is 2.48 bits per heavy atom. The summed E-state index contributed by atoms with van der Waals surface area (Å²) in [5.74, 6) is 2.02. The van der Waals surface area contributed by atoms with Gasteiger partial charge < -0.3 is 19.9 Å². The Labute approximate surface area is 150 Å². The molecule has 1 aliphatic heterocycles. The number of piperazine rings is 1. The number of nitrogens with one attached hydrogen (secondary N) is 1. The zero-order valence-corrected chi connectivity index (χ0v) is 15.6. The number of aliphatic imine (C=N–C) groups is 1. The van der Waals surface area contributed by atoms with Crippen molar-refractivity contribution in [3.05, 3.63) is 29.8 Å². The van der Waals surface area contributed by atoms with Crippen molar-refractivity contribution in [3.8, 4) is 5.75 Å². The second-order valence-corrected chi connectivity index (χ2v) is 6.02. The molecule has 0 bridgehead atoms. The van der Waals surface area contributed by atoms with E-state index < -0.39 is 0 Å². The average Bonchev–Trinajstić information content (AvgIpc) is 2.63. The summed E-state index contributed by atoms with van der Waals surface area (Å²) in [6.07, 6.45) is 0.846. The lowest BCUT2D eigenvalue weighted by Crippen LogP contribution is -2.53. The van der Waals surface area contributed by atoms with E-state index in [0.29, 0.717) is 13.2 Å². The summed E-state index contributed by atoms with van der Waals surface area (Å²) in [5.41, 5.74) is 1.19. The number of carbonyl (C=O) groups is 1. The predicted octanol–water partition coefficient (Wildman–Crippen LogP) is 1.76. The van der Waals surface area contributed by atoms with Gasteiger partial charge in [-0.3, -0.25) is 9.79 Å². The summed E-state index contributed by atoms with van der Waals surface area (Å²) >= 11 is 0. The first-order chi connectivity index (χ1) is 12.2. The topological polar surface area (TPSA) is 57.2 Å². The molecule has 138 valence electrons. The summed E-state index contributed by atoms with van der Waals surface area (Å²) < 4.78 is 5.68. The van der Waals surface area contributed by atoms with E-state index in [0.717, 1.165) is 50.9 Å². The van der Waals surface area contributed by atoms with Crippen LogP contribution < -0.4 is 10.1 Å². The number of para-hydroxylation sites is 1. The van der Waals surface area contributed by atoms with Crippen LogP contribution in [0.3, 0.4) is 0 Å². The van der Waals surface area contributed by atoms with Gasteiger partial charge in [-0.1, -0.05) is 18.2 Å². The van der Waals surface area contributed by atoms with Crippen LogP contribution in [0.15, 0.2) is 29.3 Å². The van der Waals surface area contributed by atoms with Crippen LogP contribution in [-0.2, 0) is 11.2 Å². The molecule has 1 heterocycles. The molecule has 1 aromatic rings. The minimum Gasteiger partial charge on any atom is -0.494 e. The molecule has 25 heavy (non-hydrogen) atoms. The Bertz CT molecular complexity index is 581. The lowest BCUT2D eigenvalue weighted by Gasteiger charge is -2.36. The van der Waals surface area contributed by atoms with Gasteiger partial charge in [-0.25, -0.2) is 0 Å². The third kappa shape index (κ3) is 5.66. The molecule has 1 fully saturated rings. The van der Waals surface area contributed by atoms with Gasteiger partial charge in [0.1, 0.15) is 5.75 Å². The maximum Gasteiger partial charge on any atom is 0.219 e. The smallest absolute Gasteiger partial charge is 0.219 e. The molecule has 1 N–H and O–H groups in total. The third-order valence-corrected chi connectivity index (χ3v) is 4.27. The van der Waals surface area contributed by atoms with Gasteiger partial charge in [-0.2, -0.15) is 0 Å². The van der Waals surface area contributed by atoms with Gasteiger partial charge in [0, 0.05) is 46.2 Å². The summed E-state index contributed by atoms with van der Waals surface area (Å²) in [4.78, 5) is 20.4. The van der Waals surface area contributed by atoms with Crippen molar-refractivity contribution >= 4 is 11.9 Å². The molecule has 1 amide bonds. The standard InChI is InChI=1S/C19H30N4O2/c1-4-20-19(23-14-12-22(13-15-23)16(3)24)21-11-10-17-8-6-7-9-18(17)25-5-2/h6-9H,4-5,10-15H2,1-3H3,(H,20,21). The molecule has 0 unspecified atom stereocenters. The number of benzene rings is 1. The zero-order valence-electron chi connectivity index (χ0n) is 15.6. The summed E-state index contributed by atoms with van der Waals surface area (Å²) in [5, 5.41) is 3.36. The number of rotatable bonds is 6. The van der Waals surface area contributed by atoms with Crippen LogP contribution in [0.2, 0.25) is 0 Å². The van der Waals surface area contributed by atoms with E-state index in [4.69, 9.17) is 9.73 Å². The van der Waals surface area contributed by atoms with Crippen LogP contribution in [0, 0.1) is 0 Å². The Balaban J connectivity index is 1.95. The maximum absolute atomic E-state index is 11.5. The molecule has 1 aromatic carbocycles. The van der Waals surface area contributed by atoms with E-state index in [1.807, 2.05) is 30.0 Å². The number of guanidine groups is 1. The zero-order chi connectivity index (χ0) is 18.1. The van der Waals surface area contributed by atoms with Gasteiger partial charge in [0.15, 0.2) is 5.96 Å². The van der Waals surface area contributed by atoms with Crippen molar-refractivity contribution in [2.75, 3.05) is 45.9 Å². The van der Waals surface area contributed by atoms with E-state index in [9.17, 15) is 4.79 Å². The van der Waals surface area contributed by atoms with Crippen LogP contribution in [-0.4, -0.2) is 67.5 Å². The Hall–Kier alpha value is -2.24. The normalized spacial score (nSPS) is 15.2. The highest BCUT2D eigenvalue weighted by molar-refractivity contribution is 5.80. The average molecular weight is 346 g/mol. The van der Waals surface area contributed by atoms with Crippen molar-refractivity contribution in [3.63, 3.8) is 0 Å². The number of amides is 1. The van der Waals surface area contributed by atoms with E-state index in [-0.39, 0.29) is 5.91 Å². The van der Waals surface area contributed by atoms with Gasteiger partial charge in [-0.05, 0) is 31.9 Å². The fraction of sp³-hybridized carbons (Fsp3) is 0.579. The molecule has 1 saturated heterocycles. The van der Waals surface area contributed by atoms with E-state index >= 15 is 0 Å². The fourth-order valence-electron chi connectivity index (χ4n) is 2.95. The largest absolute Gasteiger partial charge is 0.494 e. The Kier molecular flexibility index (Phi) is 7.57. The van der Waals surface area contributed by atoms with Gasteiger partial charge in [0.25, 0.3) is 0 Å². The molecule has 0 aliphatic carbocycles. The van der Waals surface area contributed by atoms with Crippen LogP contribution in [0.5, 0.6) is 5.75 Å². The summed E-state index contributed by atoms with van der Waals surface area (Å²) in [6.45, 7) is 11.1. The third-order valence-electron chi connectivity index (χ3n) is 4.27. The molecular weight excluding hydrogens is 316 g/mol. The molecule has 6 heteroatoms. The monoisotopic (exact) mass is 346 g/mol. The number of carbonyl (C=O) groups excluding carboxylic acids is 1. The SMILES string of the molecule is CCNC(=NCCc1ccccc1OCC)N1CCN(C(C)=O)CC1. The molecule has 2 rings (SSSR count). The highest BCUT2D eigenvalue weighted by atomic mass is 16.5. The van der Waals surface area contributed by atoms with Crippen LogP contribution in [0.1, 0.15) is 26.3 Å². The number of hydrogen-bond donors (Lipinski definition) is 1. The van der Waals surface area contributed by atoms with Crippen LogP contribution in [0.25, 0.3) is 0 Å². The van der Waals surface area contributed by atoms with Crippen LogP contribution in [0.4, 0.5) is 0 Å². The van der Waals surface area contributed by atoms with Gasteiger partial charge in [0.2, 0.25) is 5.91 Å². The lowest BCUT2D eigenvalue weighted by atomic mass is 10.1. The van der Waals surface area contributed by atoms with Crippen LogP contribution >= 0.6 is 0 Å². The van der Waals surface area contributed by atoms with Gasteiger partial charge >= 0.3 is 0 Å². The molecule has 0 atom stereocenters. The highest BCUT2D eigenvalue weighted by Crippen LogP contribution is 2.18. The van der Waals surface area contributed by atoms with Crippen molar-refractivity contribution in [2.45, 2.75) is 27.2 Å². The molecule has 0 saturated carbocycles. The molecule has 1 aliphatic rings. The second-order valence-electron chi connectivity index (χ2n) is 6.02. The molecule has 6 nitrogen and oxygen atoms in total. The Morgan fingerprint density at radius 2 is 1.84 bits per heavy atom. The van der Waals surface area contributed by atoms with E-state index in [1.54, 1.807) is 6.92 Å². The van der Waals surface area contributed by atoms with E-state index in [1.165, 1.54) is 5.56 Å². The molecule has 0 spiro atoms. The lowest BCUT2D eigenvalue weighted by molar-refractivity contribution is -0.130. The van der Waals surface area contributed by atoms with Crippen molar-refractivity contribution in [1.82, 2.24) is 15.1 Å². The van der Waals surface area contributed by atoms with Gasteiger partial charge in [-0.15, -0.1) is 0 Å². The quantitative estimate of drug-likeness (QED) is 0.630. The molecule has 0 radical (unpaired) electrons. The first-order valence-electron chi connectivity index (χ1n) is 9.15. The second kappa shape index (κ2) is 9.91. The first-order valence-corrected chi connectivity index (χ1v) is 9.15. The molecular formula is C19H30N4O2. The molecule has 0 aromatic heterocycles. The maximum atomic E-state index is 11.5. The van der Waals surface area contributed by atoms with E-state index in [2.05, 4.69) is 23.2 Å². The van der Waals surface area contributed by atoms with Crippen molar-refractivity contribution in [1.29, 1.82) is 0 Å². The number of nitrogens with zero attached hydrogens (tertiary/aromatic N) is 3. The first kappa shape index (κ1) is 19.1. The number of hydrogen-bond acceptors (Lipinski definition) is 3. The Morgan fingerprint density at radius 1 is 1.16 bits per heavy atom. The van der Waals surface area contributed by atoms with Crippen molar-refractivity contribution in [2.24, 2.45) is 4.99 Å². The summed E-state index contributed by atoms with van der Waals surface area (Å²) in [6, 6.07) is 8.14. The summed E-state index contributed by atoms with van der Waals surface area (Å²) in [7, 11) is 0. The minimum atomic E-state index is 0.147. The van der Waals surface area contributed by atoms with Crippen molar-refractivity contribution < 1.29 is 9.53 Å².